The van der Waals surface area contributed by atoms with Crippen LogP contribution in [-0.4, -0.2) is 40.5 Å². The fourth-order valence-corrected chi connectivity index (χ4v) is 1.97. The van der Waals surface area contributed by atoms with Gasteiger partial charge in [-0.05, 0) is 0 Å². The van der Waals surface area contributed by atoms with Crippen molar-refractivity contribution in [3.8, 4) is 0 Å². The first-order valence-corrected chi connectivity index (χ1v) is 6.38. The normalized spacial score (nSPS) is 19.6. The minimum atomic E-state index is -0.949. The molecule has 2 heterocycles. The van der Waals surface area contributed by atoms with Crippen molar-refractivity contribution in [2.45, 2.75) is 25.5 Å². The highest BCUT2D eigenvalue weighted by Crippen LogP contribution is 2.30. The van der Waals surface area contributed by atoms with Crippen molar-refractivity contribution in [1.82, 2.24) is 10.1 Å². The van der Waals surface area contributed by atoms with Gasteiger partial charge in [0, 0.05) is 18.0 Å². The zero-order chi connectivity index (χ0) is 14.9. The number of carbonyl (C=O) groups excluding carboxylic acids is 1. The number of carbonyl (C=O) groups is 1. The van der Waals surface area contributed by atoms with Crippen molar-refractivity contribution in [2.75, 3.05) is 18.0 Å². The quantitative estimate of drug-likeness (QED) is 0.834. The molecule has 2 rings (SSSR count). The predicted octanol–water partition coefficient (Wildman–Crippen LogP) is 1.88. The molecular weight excluding hydrogens is 258 g/mol. The van der Waals surface area contributed by atoms with Gasteiger partial charge in [0.25, 0.3) is 0 Å². The highest BCUT2D eigenvalue weighted by atomic mass is 16.5. The maximum Gasteiger partial charge on any atom is 0.329 e. The van der Waals surface area contributed by atoms with E-state index in [1.165, 1.54) is 9.80 Å². The number of aliphatic hydroxyl groups is 1. The van der Waals surface area contributed by atoms with E-state index in [1.807, 2.05) is 13.8 Å². The average Bonchev–Trinajstić information content (AvgIpc) is 2.97. The molecule has 1 aliphatic rings. The number of rotatable bonds is 5. The molecule has 0 aliphatic carbocycles. The van der Waals surface area contributed by atoms with Gasteiger partial charge in [-0.2, -0.15) is 0 Å². The summed E-state index contributed by atoms with van der Waals surface area (Å²) in [5.74, 6) is 0.235. The van der Waals surface area contributed by atoms with Crippen LogP contribution >= 0.6 is 0 Å². The fourth-order valence-electron chi connectivity index (χ4n) is 1.97. The number of anilines is 1. The topological polar surface area (TPSA) is 69.8 Å². The molecule has 1 aromatic rings. The van der Waals surface area contributed by atoms with E-state index in [0.717, 1.165) is 0 Å². The Morgan fingerprint density at radius 2 is 2.30 bits per heavy atom. The van der Waals surface area contributed by atoms with Gasteiger partial charge in [-0.25, -0.2) is 9.69 Å². The zero-order valence-electron chi connectivity index (χ0n) is 11.7. The van der Waals surface area contributed by atoms with Crippen molar-refractivity contribution in [3.63, 3.8) is 0 Å². The second kappa shape index (κ2) is 5.13. The number of nitrogens with zero attached hydrogens (tertiary/aromatic N) is 3. The largest absolute Gasteiger partial charge is 0.371 e. The van der Waals surface area contributed by atoms with Gasteiger partial charge in [-0.1, -0.05) is 31.2 Å². The second-order valence-electron chi connectivity index (χ2n) is 5.30. The summed E-state index contributed by atoms with van der Waals surface area (Å²) in [5, 5.41) is 14.0. The SMILES string of the molecule is C=CCN1CC(O)N(c2cc(C(C)(C)C=C)no2)C1=O. The summed E-state index contributed by atoms with van der Waals surface area (Å²) in [6, 6.07) is 1.33. The summed E-state index contributed by atoms with van der Waals surface area (Å²) in [7, 11) is 0. The molecule has 0 spiro atoms. The zero-order valence-corrected chi connectivity index (χ0v) is 11.7. The fraction of sp³-hybridized carbons (Fsp3) is 0.429. The Bertz CT molecular complexity index is 536. The Hall–Kier alpha value is -2.08. The van der Waals surface area contributed by atoms with Crippen LogP contribution in [0, 0.1) is 0 Å². The Morgan fingerprint density at radius 1 is 1.60 bits per heavy atom. The standard InChI is InChI=1S/C14H19N3O3/c1-5-7-16-9-11(18)17(13(16)19)12-8-10(15-20-12)14(3,4)6-2/h5-6,8,11,18H,1-2,7,9H2,3-4H3. The van der Waals surface area contributed by atoms with Crippen LogP contribution in [0.4, 0.5) is 10.7 Å². The summed E-state index contributed by atoms with van der Waals surface area (Å²) in [4.78, 5) is 14.8. The molecule has 1 unspecified atom stereocenters. The summed E-state index contributed by atoms with van der Waals surface area (Å²) in [5.41, 5.74) is 0.292. The van der Waals surface area contributed by atoms with Gasteiger partial charge in [0.05, 0.1) is 12.2 Å². The maximum absolute atomic E-state index is 12.2. The summed E-state index contributed by atoms with van der Waals surface area (Å²) in [6.07, 6.45) is 2.41. The third kappa shape index (κ3) is 2.34. The number of aromatic nitrogens is 1. The molecule has 1 aliphatic heterocycles. The highest BCUT2D eigenvalue weighted by Gasteiger charge is 2.39. The van der Waals surface area contributed by atoms with Crippen molar-refractivity contribution in [3.05, 3.63) is 37.1 Å². The molecule has 0 aromatic carbocycles. The van der Waals surface area contributed by atoms with Crippen LogP contribution < -0.4 is 4.90 Å². The molecule has 0 saturated carbocycles. The molecule has 1 saturated heterocycles. The molecule has 2 amide bonds. The van der Waals surface area contributed by atoms with Crippen LogP contribution in [0.3, 0.4) is 0 Å². The lowest BCUT2D eigenvalue weighted by Crippen LogP contribution is -2.34. The third-order valence-corrected chi connectivity index (χ3v) is 3.41. The first-order valence-electron chi connectivity index (χ1n) is 6.38. The van der Waals surface area contributed by atoms with Crippen LogP contribution in [0.2, 0.25) is 0 Å². The van der Waals surface area contributed by atoms with Crippen LogP contribution in [0.1, 0.15) is 19.5 Å². The Morgan fingerprint density at radius 3 is 2.90 bits per heavy atom. The van der Waals surface area contributed by atoms with E-state index in [4.69, 9.17) is 4.52 Å². The molecule has 0 radical (unpaired) electrons. The van der Waals surface area contributed by atoms with E-state index in [2.05, 4.69) is 18.3 Å². The van der Waals surface area contributed by atoms with Gasteiger partial charge in [0.2, 0.25) is 5.88 Å². The Balaban J connectivity index is 2.26. The number of hydrogen-bond acceptors (Lipinski definition) is 4. The first-order chi connectivity index (χ1) is 9.40. The van der Waals surface area contributed by atoms with E-state index >= 15 is 0 Å². The monoisotopic (exact) mass is 277 g/mol. The number of hydrogen-bond donors (Lipinski definition) is 1. The van der Waals surface area contributed by atoms with Crippen molar-refractivity contribution in [2.24, 2.45) is 0 Å². The highest BCUT2D eigenvalue weighted by molar-refractivity contribution is 5.93. The van der Waals surface area contributed by atoms with Crippen LogP contribution in [-0.2, 0) is 5.41 Å². The van der Waals surface area contributed by atoms with Crippen LogP contribution in [0.5, 0.6) is 0 Å². The summed E-state index contributed by atoms with van der Waals surface area (Å²) < 4.78 is 5.20. The molecule has 0 bridgehead atoms. The van der Waals surface area contributed by atoms with E-state index in [9.17, 15) is 9.90 Å². The molecule has 1 aromatic heterocycles. The predicted molar refractivity (Wildman–Crippen MR) is 75.4 cm³/mol. The molecule has 1 N–H and O–H groups in total. The van der Waals surface area contributed by atoms with Crippen molar-refractivity contribution in [1.29, 1.82) is 0 Å². The number of allylic oxidation sites excluding steroid dienone is 1. The van der Waals surface area contributed by atoms with E-state index in [1.54, 1.807) is 18.2 Å². The molecule has 1 fully saturated rings. The smallest absolute Gasteiger partial charge is 0.329 e. The Labute approximate surface area is 118 Å². The third-order valence-electron chi connectivity index (χ3n) is 3.41. The van der Waals surface area contributed by atoms with Crippen LogP contribution in [0.25, 0.3) is 0 Å². The first kappa shape index (κ1) is 14.3. The molecule has 20 heavy (non-hydrogen) atoms. The van der Waals surface area contributed by atoms with Crippen molar-refractivity contribution >= 4 is 11.9 Å². The molecule has 6 nitrogen and oxygen atoms in total. The molecular formula is C14H19N3O3. The number of urea groups is 1. The minimum absolute atomic E-state index is 0.214. The lowest BCUT2D eigenvalue weighted by Gasteiger charge is -2.16. The summed E-state index contributed by atoms with van der Waals surface area (Å²) in [6.45, 7) is 11.8. The summed E-state index contributed by atoms with van der Waals surface area (Å²) >= 11 is 0. The molecule has 6 heteroatoms. The van der Waals surface area contributed by atoms with Crippen molar-refractivity contribution < 1.29 is 14.4 Å². The maximum atomic E-state index is 12.2. The number of amides is 2. The van der Waals surface area contributed by atoms with E-state index < -0.39 is 6.23 Å². The second-order valence-corrected chi connectivity index (χ2v) is 5.30. The minimum Gasteiger partial charge on any atom is -0.371 e. The van der Waals surface area contributed by atoms with Gasteiger partial charge in [-0.3, -0.25) is 0 Å². The van der Waals surface area contributed by atoms with Gasteiger partial charge >= 0.3 is 6.03 Å². The Kier molecular flexibility index (Phi) is 3.67. The molecule has 1 atom stereocenters. The number of aliphatic hydroxyl groups excluding tert-OH is 1. The lowest BCUT2D eigenvalue weighted by molar-refractivity contribution is 0.176. The van der Waals surface area contributed by atoms with Gasteiger partial charge < -0.3 is 14.5 Å². The van der Waals surface area contributed by atoms with Gasteiger partial charge in [-0.15, -0.1) is 13.2 Å². The van der Waals surface area contributed by atoms with E-state index in [-0.39, 0.29) is 23.9 Å². The van der Waals surface area contributed by atoms with Gasteiger partial charge in [0.1, 0.15) is 0 Å². The lowest BCUT2D eigenvalue weighted by atomic mass is 9.90. The van der Waals surface area contributed by atoms with E-state index in [0.29, 0.717) is 12.2 Å². The van der Waals surface area contributed by atoms with Gasteiger partial charge in [0.15, 0.2) is 6.23 Å². The van der Waals surface area contributed by atoms with Crippen LogP contribution in [0.15, 0.2) is 35.9 Å². The number of β-amino-alcohol motifs (C(OH)–C–C–N with tert-alkyl or cyclic N) is 1. The molecule has 108 valence electrons. The average molecular weight is 277 g/mol.